The molecular formula is C12H24N4O. The summed E-state index contributed by atoms with van der Waals surface area (Å²) in [6.07, 6.45) is 3.19. The van der Waals surface area contributed by atoms with Crippen LogP contribution in [-0.2, 0) is 13.6 Å². The molecule has 0 aliphatic heterocycles. The van der Waals surface area contributed by atoms with Gasteiger partial charge in [-0.1, -0.05) is 13.3 Å². The second kappa shape index (κ2) is 7.40. The van der Waals surface area contributed by atoms with Gasteiger partial charge in [-0.3, -0.25) is 0 Å². The molecule has 0 radical (unpaired) electrons. The Bertz CT molecular complexity index is 318. The Labute approximate surface area is 103 Å². The monoisotopic (exact) mass is 240 g/mol. The number of nitrogens with zero attached hydrogens (tertiary/aromatic N) is 3. The zero-order valence-corrected chi connectivity index (χ0v) is 11.1. The maximum absolute atomic E-state index is 8.97. The van der Waals surface area contributed by atoms with E-state index in [0.717, 1.165) is 44.0 Å². The number of aromatic nitrogens is 3. The van der Waals surface area contributed by atoms with E-state index in [0.29, 0.717) is 5.92 Å². The predicted octanol–water partition coefficient (Wildman–Crippen LogP) is 1.01. The first-order chi connectivity index (χ1) is 8.19. The van der Waals surface area contributed by atoms with Crippen LogP contribution in [0, 0.1) is 12.8 Å². The van der Waals surface area contributed by atoms with Gasteiger partial charge < -0.3 is 15.0 Å². The fraction of sp³-hybridized carbons (Fsp3) is 0.833. The van der Waals surface area contributed by atoms with Crippen molar-refractivity contribution in [3.8, 4) is 0 Å². The number of aliphatic hydroxyl groups excluding tert-OH is 1. The second-order valence-corrected chi connectivity index (χ2v) is 4.52. The third-order valence-electron chi connectivity index (χ3n) is 3.13. The molecule has 1 aromatic rings. The summed E-state index contributed by atoms with van der Waals surface area (Å²) < 4.78 is 1.99. The van der Waals surface area contributed by atoms with Crippen LogP contribution in [0.3, 0.4) is 0 Å². The van der Waals surface area contributed by atoms with Gasteiger partial charge in [0.05, 0.1) is 6.54 Å². The highest BCUT2D eigenvalue weighted by Gasteiger charge is 2.08. The summed E-state index contributed by atoms with van der Waals surface area (Å²) in [5.74, 6) is 2.45. The first kappa shape index (κ1) is 14.1. The lowest BCUT2D eigenvalue weighted by molar-refractivity contribution is 0.247. The molecule has 5 nitrogen and oxygen atoms in total. The zero-order chi connectivity index (χ0) is 12.7. The SMILES string of the molecule is CCCC(CCO)CNCc1nnc(C)n1C. The van der Waals surface area contributed by atoms with Crippen LogP contribution >= 0.6 is 0 Å². The quantitative estimate of drug-likeness (QED) is 0.712. The maximum atomic E-state index is 8.97. The third-order valence-corrected chi connectivity index (χ3v) is 3.13. The first-order valence-electron chi connectivity index (χ1n) is 6.35. The molecule has 5 heteroatoms. The summed E-state index contributed by atoms with van der Waals surface area (Å²) in [5, 5.41) is 20.5. The summed E-state index contributed by atoms with van der Waals surface area (Å²) in [6, 6.07) is 0. The molecule has 0 bridgehead atoms. The summed E-state index contributed by atoms with van der Waals surface area (Å²) in [5.41, 5.74) is 0. The van der Waals surface area contributed by atoms with Gasteiger partial charge in [-0.25, -0.2) is 0 Å². The van der Waals surface area contributed by atoms with Crippen molar-refractivity contribution < 1.29 is 5.11 Å². The standard InChI is InChI=1S/C12H24N4O/c1-4-5-11(6-7-17)8-13-9-12-15-14-10(2)16(12)3/h11,13,17H,4-9H2,1-3H3. The van der Waals surface area contributed by atoms with Crippen LogP contribution in [0.2, 0.25) is 0 Å². The molecule has 1 rings (SSSR count). The molecule has 0 aliphatic carbocycles. The molecule has 17 heavy (non-hydrogen) atoms. The van der Waals surface area contributed by atoms with Gasteiger partial charge in [0.25, 0.3) is 0 Å². The van der Waals surface area contributed by atoms with Gasteiger partial charge >= 0.3 is 0 Å². The van der Waals surface area contributed by atoms with Crippen LogP contribution in [0.5, 0.6) is 0 Å². The van der Waals surface area contributed by atoms with E-state index in [-0.39, 0.29) is 6.61 Å². The minimum atomic E-state index is 0.273. The molecule has 98 valence electrons. The normalized spacial score (nSPS) is 12.9. The van der Waals surface area contributed by atoms with Crippen molar-refractivity contribution in [2.24, 2.45) is 13.0 Å². The number of hydrogen-bond donors (Lipinski definition) is 2. The Morgan fingerprint density at radius 2 is 2.12 bits per heavy atom. The van der Waals surface area contributed by atoms with Crippen molar-refractivity contribution in [2.75, 3.05) is 13.2 Å². The Kier molecular flexibility index (Phi) is 6.15. The molecule has 0 amide bonds. The molecule has 1 heterocycles. The minimum Gasteiger partial charge on any atom is -0.396 e. The second-order valence-electron chi connectivity index (χ2n) is 4.52. The minimum absolute atomic E-state index is 0.273. The van der Waals surface area contributed by atoms with Gasteiger partial charge in [0.15, 0.2) is 0 Å². The van der Waals surface area contributed by atoms with Crippen LogP contribution in [0.25, 0.3) is 0 Å². The molecule has 0 saturated carbocycles. The van der Waals surface area contributed by atoms with E-state index >= 15 is 0 Å². The van der Waals surface area contributed by atoms with Gasteiger partial charge in [0, 0.05) is 13.7 Å². The average Bonchev–Trinajstić information content (AvgIpc) is 2.61. The van der Waals surface area contributed by atoms with E-state index in [1.165, 1.54) is 0 Å². The number of nitrogens with one attached hydrogen (secondary N) is 1. The summed E-state index contributed by atoms with van der Waals surface area (Å²) >= 11 is 0. The van der Waals surface area contributed by atoms with Gasteiger partial charge in [0.1, 0.15) is 11.6 Å². The van der Waals surface area contributed by atoms with Crippen molar-refractivity contribution in [3.05, 3.63) is 11.6 Å². The van der Waals surface area contributed by atoms with Crippen LogP contribution in [0.1, 0.15) is 37.8 Å². The van der Waals surface area contributed by atoms with Crippen LogP contribution in [0.15, 0.2) is 0 Å². The highest BCUT2D eigenvalue weighted by Crippen LogP contribution is 2.09. The lowest BCUT2D eigenvalue weighted by Gasteiger charge is -2.15. The fourth-order valence-corrected chi connectivity index (χ4v) is 1.93. The Hall–Kier alpha value is -0.940. The van der Waals surface area contributed by atoms with Crippen molar-refractivity contribution in [3.63, 3.8) is 0 Å². The smallest absolute Gasteiger partial charge is 0.146 e. The largest absolute Gasteiger partial charge is 0.396 e. The van der Waals surface area contributed by atoms with Crippen LogP contribution < -0.4 is 5.32 Å². The molecule has 0 aliphatic rings. The molecule has 1 aromatic heterocycles. The van der Waals surface area contributed by atoms with Crippen LogP contribution in [0.4, 0.5) is 0 Å². The predicted molar refractivity (Wildman–Crippen MR) is 67.5 cm³/mol. The molecule has 2 N–H and O–H groups in total. The summed E-state index contributed by atoms with van der Waals surface area (Å²) in [4.78, 5) is 0. The third kappa shape index (κ3) is 4.44. The van der Waals surface area contributed by atoms with E-state index in [2.05, 4.69) is 22.4 Å². The highest BCUT2D eigenvalue weighted by molar-refractivity contribution is 4.91. The van der Waals surface area contributed by atoms with E-state index in [1.54, 1.807) is 0 Å². The first-order valence-corrected chi connectivity index (χ1v) is 6.35. The zero-order valence-electron chi connectivity index (χ0n) is 11.1. The van der Waals surface area contributed by atoms with E-state index < -0.39 is 0 Å². The van der Waals surface area contributed by atoms with Gasteiger partial charge in [-0.05, 0) is 32.2 Å². The Morgan fingerprint density at radius 3 is 2.65 bits per heavy atom. The van der Waals surface area contributed by atoms with Crippen molar-refractivity contribution in [2.45, 2.75) is 39.7 Å². The molecule has 0 fully saturated rings. The summed E-state index contributed by atoms with van der Waals surface area (Å²) in [7, 11) is 1.98. The van der Waals surface area contributed by atoms with Crippen molar-refractivity contribution in [1.82, 2.24) is 20.1 Å². The van der Waals surface area contributed by atoms with Gasteiger partial charge in [-0.15, -0.1) is 10.2 Å². The Morgan fingerprint density at radius 1 is 1.35 bits per heavy atom. The average molecular weight is 240 g/mol. The fourth-order valence-electron chi connectivity index (χ4n) is 1.93. The van der Waals surface area contributed by atoms with Crippen molar-refractivity contribution >= 4 is 0 Å². The van der Waals surface area contributed by atoms with Crippen molar-refractivity contribution in [1.29, 1.82) is 0 Å². The number of hydrogen-bond acceptors (Lipinski definition) is 4. The van der Waals surface area contributed by atoms with Crippen LogP contribution in [-0.4, -0.2) is 33.0 Å². The number of aryl methyl sites for hydroxylation is 1. The highest BCUT2D eigenvalue weighted by atomic mass is 16.3. The number of aliphatic hydroxyl groups is 1. The molecule has 0 saturated heterocycles. The lowest BCUT2D eigenvalue weighted by atomic mass is 10.0. The molecule has 0 aromatic carbocycles. The lowest BCUT2D eigenvalue weighted by Crippen LogP contribution is -2.24. The van der Waals surface area contributed by atoms with E-state index in [1.807, 2.05) is 18.5 Å². The maximum Gasteiger partial charge on any atom is 0.146 e. The van der Waals surface area contributed by atoms with E-state index in [9.17, 15) is 0 Å². The topological polar surface area (TPSA) is 63.0 Å². The molecule has 1 unspecified atom stereocenters. The van der Waals surface area contributed by atoms with Gasteiger partial charge in [0.2, 0.25) is 0 Å². The van der Waals surface area contributed by atoms with E-state index in [4.69, 9.17) is 5.11 Å². The van der Waals surface area contributed by atoms with Gasteiger partial charge in [-0.2, -0.15) is 0 Å². The number of rotatable bonds is 8. The summed E-state index contributed by atoms with van der Waals surface area (Å²) in [6.45, 7) is 6.07. The molecule has 1 atom stereocenters. The molecule has 0 spiro atoms. The Balaban J connectivity index is 2.32. The molecular weight excluding hydrogens is 216 g/mol.